The summed E-state index contributed by atoms with van der Waals surface area (Å²) in [5.41, 5.74) is 5.16. The van der Waals surface area contributed by atoms with Gasteiger partial charge in [0.1, 0.15) is 12.3 Å². The number of aromatic nitrogens is 1. The molecule has 0 bridgehead atoms. The number of Topliss-reactive ketones (excluding diaryl/α,β-unsaturated/α-hetero) is 1. The summed E-state index contributed by atoms with van der Waals surface area (Å²) in [6.07, 6.45) is 3.09. The van der Waals surface area contributed by atoms with E-state index in [1.807, 2.05) is 6.92 Å². The van der Waals surface area contributed by atoms with E-state index in [-0.39, 0.29) is 29.8 Å². The van der Waals surface area contributed by atoms with Crippen LogP contribution in [0.3, 0.4) is 0 Å². The number of aromatic amines is 1. The molecule has 0 spiro atoms. The van der Waals surface area contributed by atoms with Crippen molar-refractivity contribution < 1.29 is 19.1 Å². The number of nitrogens with one attached hydrogen (secondary N) is 1. The number of H-pyrrole nitrogens is 1. The summed E-state index contributed by atoms with van der Waals surface area (Å²) in [7, 11) is 0. The van der Waals surface area contributed by atoms with Crippen molar-refractivity contribution in [3.05, 3.63) is 57.9 Å². The third kappa shape index (κ3) is 4.08. The smallest absolute Gasteiger partial charge is 0.355 e. The van der Waals surface area contributed by atoms with E-state index in [9.17, 15) is 9.59 Å². The SMILES string of the molecule is Cc1c(C(=O)OC[C@H]2CCCO2)[nH]c2c1C(=O)C[C@@H](c1ccc(C(C)(C)C)cc1)C2. The number of ether oxygens (including phenoxy) is 2. The monoisotopic (exact) mass is 409 g/mol. The maximum Gasteiger partial charge on any atom is 0.355 e. The van der Waals surface area contributed by atoms with Gasteiger partial charge >= 0.3 is 5.97 Å². The van der Waals surface area contributed by atoms with Gasteiger partial charge in [-0.3, -0.25) is 4.79 Å². The third-order valence-corrected chi connectivity index (χ3v) is 6.37. The summed E-state index contributed by atoms with van der Waals surface area (Å²) in [5.74, 6) is -0.197. The molecule has 0 unspecified atom stereocenters. The van der Waals surface area contributed by atoms with Crippen LogP contribution in [-0.2, 0) is 21.3 Å². The van der Waals surface area contributed by atoms with Crippen molar-refractivity contribution in [3.63, 3.8) is 0 Å². The molecule has 5 nitrogen and oxygen atoms in total. The number of esters is 1. The summed E-state index contributed by atoms with van der Waals surface area (Å²) in [5, 5.41) is 0. The lowest BCUT2D eigenvalue weighted by Gasteiger charge is -2.24. The summed E-state index contributed by atoms with van der Waals surface area (Å²) in [4.78, 5) is 28.7. The van der Waals surface area contributed by atoms with Crippen LogP contribution in [-0.4, -0.2) is 36.1 Å². The Morgan fingerprint density at radius 1 is 1.20 bits per heavy atom. The number of fused-ring (bicyclic) bond motifs is 1. The van der Waals surface area contributed by atoms with Crippen molar-refractivity contribution in [2.75, 3.05) is 13.2 Å². The minimum atomic E-state index is -0.406. The maximum absolute atomic E-state index is 12.9. The molecule has 30 heavy (non-hydrogen) atoms. The molecular formula is C25H31NO4. The van der Waals surface area contributed by atoms with Crippen molar-refractivity contribution in [2.24, 2.45) is 0 Å². The Balaban J connectivity index is 1.51. The first-order valence-corrected chi connectivity index (χ1v) is 10.9. The minimum absolute atomic E-state index is 0.0130. The zero-order chi connectivity index (χ0) is 21.5. The van der Waals surface area contributed by atoms with Gasteiger partial charge in [0.2, 0.25) is 0 Å². The van der Waals surface area contributed by atoms with Crippen LogP contribution in [0.4, 0.5) is 0 Å². The highest BCUT2D eigenvalue weighted by Gasteiger charge is 2.32. The Bertz CT molecular complexity index is 943. The molecule has 1 aromatic heterocycles. The van der Waals surface area contributed by atoms with Crippen molar-refractivity contribution in [1.82, 2.24) is 4.98 Å². The van der Waals surface area contributed by atoms with Gasteiger partial charge in [-0.05, 0) is 54.2 Å². The molecule has 160 valence electrons. The first kappa shape index (κ1) is 20.9. The van der Waals surface area contributed by atoms with Gasteiger partial charge in [0.25, 0.3) is 0 Å². The van der Waals surface area contributed by atoms with Crippen molar-refractivity contribution in [3.8, 4) is 0 Å². The van der Waals surface area contributed by atoms with E-state index in [1.54, 1.807) is 0 Å². The average molecular weight is 410 g/mol. The fraction of sp³-hybridized carbons (Fsp3) is 0.520. The Labute approximate surface area is 178 Å². The van der Waals surface area contributed by atoms with E-state index in [4.69, 9.17) is 9.47 Å². The molecule has 2 aromatic rings. The molecule has 4 rings (SSSR count). The molecule has 1 fully saturated rings. The van der Waals surface area contributed by atoms with Gasteiger partial charge in [-0.25, -0.2) is 4.79 Å². The number of ketones is 1. The van der Waals surface area contributed by atoms with Crippen molar-refractivity contribution in [1.29, 1.82) is 0 Å². The topological polar surface area (TPSA) is 68.4 Å². The predicted octanol–water partition coefficient (Wildman–Crippen LogP) is 4.87. The molecular weight excluding hydrogens is 378 g/mol. The van der Waals surface area contributed by atoms with Crippen LogP contribution in [0.15, 0.2) is 24.3 Å². The average Bonchev–Trinajstić information content (AvgIpc) is 3.33. The van der Waals surface area contributed by atoms with Crippen LogP contribution in [0, 0.1) is 6.92 Å². The second-order valence-corrected chi connectivity index (χ2v) is 9.61. The number of hydrogen-bond acceptors (Lipinski definition) is 4. The molecule has 2 atom stereocenters. The molecule has 0 saturated carbocycles. The zero-order valence-corrected chi connectivity index (χ0v) is 18.3. The standard InChI is InChI=1S/C25H31NO4/c1-15-22-20(26-23(15)24(28)30-14-19-6-5-11-29-19)12-17(13-21(22)27)16-7-9-18(10-8-16)25(2,3)4/h7-10,17,19,26H,5-6,11-14H2,1-4H3/t17-,19+/m0/s1. The van der Waals surface area contributed by atoms with Crippen LogP contribution in [0.25, 0.3) is 0 Å². The molecule has 0 radical (unpaired) electrons. The van der Waals surface area contributed by atoms with Crippen LogP contribution < -0.4 is 0 Å². The summed E-state index contributed by atoms with van der Waals surface area (Å²) < 4.78 is 11.0. The van der Waals surface area contributed by atoms with Gasteiger partial charge in [-0.15, -0.1) is 0 Å². The highest BCUT2D eigenvalue weighted by Crippen LogP contribution is 2.36. The van der Waals surface area contributed by atoms with E-state index in [1.165, 1.54) is 5.56 Å². The van der Waals surface area contributed by atoms with E-state index in [0.29, 0.717) is 23.2 Å². The Morgan fingerprint density at radius 2 is 1.93 bits per heavy atom. The van der Waals surface area contributed by atoms with E-state index in [2.05, 4.69) is 50.0 Å². The first-order chi connectivity index (χ1) is 14.2. The Kier molecular flexibility index (Phi) is 5.58. The van der Waals surface area contributed by atoms with E-state index in [0.717, 1.165) is 37.1 Å². The predicted molar refractivity (Wildman–Crippen MR) is 115 cm³/mol. The van der Waals surface area contributed by atoms with E-state index >= 15 is 0 Å². The molecule has 1 aliphatic heterocycles. The summed E-state index contributed by atoms with van der Waals surface area (Å²) >= 11 is 0. The van der Waals surface area contributed by atoms with Gasteiger partial charge in [0.15, 0.2) is 5.78 Å². The number of benzene rings is 1. The highest BCUT2D eigenvalue weighted by atomic mass is 16.6. The fourth-order valence-electron chi connectivity index (χ4n) is 4.55. The zero-order valence-electron chi connectivity index (χ0n) is 18.3. The Morgan fingerprint density at radius 3 is 2.57 bits per heavy atom. The highest BCUT2D eigenvalue weighted by molar-refractivity contribution is 6.03. The number of hydrogen-bond donors (Lipinski definition) is 1. The molecule has 5 heteroatoms. The van der Waals surface area contributed by atoms with Gasteiger partial charge in [-0.2, -0.15) is 0 Å². The number of rotatable bonds is 4. The quantitative estimate of drug-likeness (QED) is 0.732. The molecule has 1 saturated heterocycles. The second-order valence-electron chi connectivity index (χ2n) is 9.61. The lowest BCUT2D eigenvalue weighted by molar-refractivity contribution is 0.0156. The summed E-state index contributed by atoms with van der Waals surface area (Å²) in [6, 6.07) is 8.58. The molecule has 1 aliphatic carbocycles. The van der Waals surface area contributed by atoms with Crippen LogP contribution in [0.5, 0.6) is 0 Å². The molecule has 0 amide bonds. The Hall–Kier alpha value is -2.40. The van der Waals surface area contributed by atoms with Gasteiger partial charge in [-0.1, -0.05) is 45.0 Å². The van der Waals surface area contributed by atoms with Gasteiger partial charge in [0.05, 0.1) is 6.10 Å². The van der Waals surface area contributed by atoms with Crippen molar-refractivity contribution in [2.45, 2.75) is 70.8 Å². The lowest BCUT2D eigenvalue weighted by atomic mass is 9.80. The fourth-order valence-corrected chi connectivity index (χ4v) is 4.55. The first-order valence-electron chi connectivity index (χ1n) is 10.9. The largest absolute Gasteiger partial charge is 0.458 e. The van der Waals surface area contributed by atoms with Crippen LogP contribution in [0.1, 0.15) is 89.2 Å². The number of carbonyl (C=O) groups is 2. The van der Waals surface area contributed by atoms with Crippen LogP contribution in [0.2, 0.25) is 0 Å². The minimum Gasteiger partial charge on any atom is -0.458 e. The molecule has 1 N–H and O–H groups in total. The van der Waals surface area contributed by atoms with Crippen LogP contribution >= 0.6 is 0 Å². The molecule has 1 aromatic carbocycles. The third-order valence-electron chi connectivity index (χ3n) is 6.37. The lowest BCUT2D eigenvalue weighted by Crippen LogP contribution is -2.19. The van der Waals surface area contributed by atoms with Gasteiger partial charge in [0, 0.05) is 24.3 Å². The van der Waals surface area contributed by atoms with Crippen molar-refractivity contribution >= 4 is 11.8 Å². The number of carbonyl (C=O) groups excluding carboxylic acids is 2. The normalized spacial score (nSPS) is 21.5. The van der Waals surface area contributed by atoms with Gasteiger partial charge < -0.3 is 14.5 Å². The molecule has 2 aliphatic rings. The second kappa shape index (κ2) is 8.03. The van der Waals surface area contributed by atoms with E-state index < -0.39 is 5.97 Å². The molecule has 2 heterocycles. The summed E-state index contributed by atoms with van der Waals surface area (Å²) in [6.45, 7) is 9.40. The maximum atomic E-state index is 12.9.